The molecule has 2 heterocycles. The van der Waals surface area contributed by atoms with Gasteiger partial charge in [0, 0.05) is 17.6 Å². The van der Waals surface area contributed by atoms with Gasteiger partial charge in [-0.25, -0.2) is 4.68 Å². The largest absolute Gasteiger partial charge is 0.383 e. The van der Waals surface area contributed by atoms with Crippen LogP contribution in [-0.4, -0.2) is 60.2 Å². The van der Waals surface area contributed by atoms with Gasteiger partial charge in [-0.2, -0.15) is 0 Å². The lowest BCUT2D eigenvalue weighted by Crippen LogP contribution is -2.50. The molecule has 1 aliphatic heterocycles. The molecule has 0 spiro atoms. The van der Waals surface area contributed by atoms with Crippen LogP contribution < -0.4 is 5.32 Å². The Balaban J connectivity index is 1.44. The van der Waals surface area contributed by atoms with E-state index in [9.17, 15) is 14.7 Å². The second kappa shape index (κ2) is 8.69. The van der Waals surface area contributed by atoms with Gasteiger partial charge in [0.05, 0.1) is 5.69 Å². The van der Waals surface area contributed by atoms with Crippen molar-refractivity contribution in [1.29, 1.82) is 0 Å². The summed E-state index contributed by atoms with van der Waals surface area (Å²) >= 11 is 6.13. The molecule has 4 atom stereocenters. The van der Waals surface area contributed by atoms with Gasteiger partial charge in [-0.1, -0.05) is 31.4 Å². The van der Waals surface area contributed by atoms with Gasteiger partial charge in [0.25, 0.3) is 5.91 Å². The van der Waals surface area contributed by atoms with E-state index in [-0.39, 0.29) is 24.4 Å². The first-order valence-corrected chi connectivity index (χ1v) is 10.7. The number of carbonyl (C=O) groups is 2. The molecule has 1 aromatic carbocycles. The quantitative estimate of drug-likeness (QED) is 0.653. The number of tetrazole rings is 1. The van der Waals surface area contributed by atoms with Gasteiger partial charge in [0.15, 0.2) is 0 Å². The van der Waals surface area contributed by atoms with E-state index in [1.54, 1.807) is 23.1 Å². The fourth-order valence-corrected chi connectivity index (χ4v) is 4.39. The zero-order chi connectivity index (χ0) is 21.3. The van der Waals surface area contributed by atoms with Crippen molar-refractivity contribution in [3.05, 3.63) is 35.1 Å². The molecule has 1 saturated heterocycles. The van der Waals surface area contributed by atoms with Crippen molar-refractivity contribution in [3.63, 3.8) is 0 Å². The Hall–Kier alpha value is -2.52. The van der Waals surface area contributed by atoms with Crippen LogP contribution in [0.15, 0.2) is 24.5 Å². The Morgan fingerprint density at radius 3 is 2.93 bits per heavy atom. The molecule has 2 amide bonds. The lowest BCUT2D eigenvalue weighted by atomic mass is 10.1. The smallest absolute Gasteiger partial charge is 0.252 e. The number of halogens is 1. The van der Waals surface area contributed by atoms with Crippen LogP contribution in [0.5, 0.6) is 0 Å². The number of aliphatic hydroxyl groups excluding tert-OH is 1. The van der Waals surface area contributed by atoms with E-state index in [1.165, 1.54) is 11.0 Å². The number of piperidine rings is 1. The minimum atomic E-state index is -1.04. The minimum absolute atomic E-state index is 0.0764. The number of nitrogens with one attached hydrogen (secondary N) is 1. The molecule has 30 heavy (non-hydrogen) atoms. The maximum absolute atomic E-state index is 13.0. The SMILES string of the molecule is CCCCC(O)C(=O)N1[C@@H]2C[C@@H]2C[C@H]1C(=O)NCc1cc(Cl)ccc1-n1cnnn1. The normalized spacial score (nSPS) is 23.2. The summed E-state index contributed by atoms with van der Waals surface area (Å²) in [7, 11) is 0. The maximum atomic E-state index is 13.0. The Kier molecular flexibility index (Phi) is 6.01. The van der Waals surface area contributed by atoms with Gasteiger partial charge in [0.1, 0.15) is 18.5 Å². The zero-order valence-electron chi connectivity index (χ0n) is 16.7. The van der Waals surface area contributed by atoms with E-state index in [1.807, 2.05) is 6.92 Å². The van der Waals surface area contributed by atoms with Crippen molar-refractivity contribution >= 4 is 23.4 Å². The molecule has 1 aromatic heterocycles. The molecule has 0 bridgehead atoms. The number of hydrogen-bond acceptors (Lipinski definition) is 6. The Labute approximate surface area is 179 Å². The lowest BCUT2D eigenvalue weighted by Gasteiger charge is -2.29. The average Bonchev–Trinajstić information content (AvgIpc) is 3.15. The highest BCUT2D eigenvalue weighted by atomic mass is 35.5. The number of aliphatic hydroxyl groups is 1. The number of nitrogens with zero attached hydrogens (tertiary/aromatic N) is 5. The molecular weight excluding hydrogens is 408 g/mol. The Morgan fingerprint density at radius 1 is 1.37 bits per heavy atom. The second-order valence-corrected chi connectivity index (χ2v) is 8.40. The van der Waals surface area contributed by atoms with Crippen molar-refractivity contribution < 1.29 is 14.7 Å². The number of benzene rings is 1. The average molecular weight is 433 g/mol. The molecule has 160 valence electrons. The highest BCUT2D eigenvalue weighted by molar-refractivity contribution is 6.30. The molecule has 1 saturated carbocycles. The van der Waals surface area contributed by atoms with Crippen LogP contribution in [-0.2, 0) is 16.1 Å². The van der Waals surface area contributed by atoms with E-state index >= 15 is 0 Å². The fraction of sp³-hybridized carbons (Fsp3) is 0.550. The predicted octanol–water partition coefficient (Wildman–Crippen LogP) is 1.47. The molecule has 9 nitrogen and oxygen atoms in total. The van der Waals surface area contributed by atoms with E-state index in [0.717, 1.165) is 24.8 Å². The second-order valence-electron chi connectivity index (χ2n) is 7.96. The fourth-order valence-electron chi connectivity index (χ4n) is 4.19. The molecule has 2 fully saturated rings. The van der Waals surface area contributed by atoms with E-state index in [2.05, 4.69) is 20.8 Å². The van der Waals surface area contributed by atoms with Crippen LogP contribution in [0.3, 0.4) is 0 Å². The molecule has 2 N–H and O–H groups in total. The van der Waals surface area contributed by atoms with Crippen molar-refractivity contribution in [3.8, 4) is 5.69 Å². The lowest BCUT2D eigenvalue weighted by molar-refractivity contribution is -0.146. The minimum Gasteiger partial charge on any atom is -0.383 e. The number of likely N-dealkylation sites (tertiary alicyclic amines) is 1. The Morgan fingerprint density at radius 2 is 2.20 bits per heavy atom. The summed E-state index contributed by atoms with van der Waals surface area (Å²) in [5, 5.41) is 24.9. The first kappa shape index (κ1) is 20.7. The van der Waals surface area contributed by atoms with Gasteiger partial charge in [-0.05, 0) is 59.4 Å². The summed E-state index contributed by atoms with van der Waals surface area (Å²) in [5.41, 5.74) is 1.47. The number of amides is 2. The third-order valence-corrected chi connectivity index (χ3v) is 6.10. The van der Waals surface area contributed by atoms with Crippen LogP contribution in [0, 0.1) is 5.92 Å². The first-order valence-electron chi connectivity index (χ1n) is 10.3. The van der Waals surface area contributed by atoms with Gasteiger partial charge in [-0.15, -0.1) is 5.10 Å². The van der Waals surface area contributed by atoms with Crippen LogP contribution in [0.25, 0.3) is 5.69 Å². The van der Waals surface area contributed by atoms with E-state index in [4.69, 9.17) is 11.6 Å². The standard InChI is InChI=1S/C20H25ClN6O3/c1-2-3-4-18(28)20(30)27-16-8-12(16)9-17(27)19(29)22-10-13-7-14(21)5-6-15(13)26-11-23-24-25-26/h5-7,11-12,16-18,28H,2-4,8-10H2,1H3,(H,22,29)/t12-,16-,17+,18?/m1/s1. The zero-order valence-corrected chi connectivity index (χ0v) is 17.5. The number of rotatable bonds is 8. The maximum Gasteiger partial charge on any atom is 0.252 e. The van der Waals surface area contributed by atoms with Crippen molar-refractivity contribution in [2.75, 3.05) is 0 Å². The topological polar surface area (TPSA) is 113 Å². The molecule has 10 heteroatoms. The highest BCUT2D eigenvalue weighted by Gasteiger charge is 2.56. The van der Waals surface area contributed by atoms with Crippen LogP contribution in [0.2, 0.25) is 5.02 Å². The number of carbonyl (C=O) groups excluding carboxylic acids is 2. The van der Waals surface area contributed by atoms with Gasteiger partial charge >= 0.3 is 0 Å². The van der Waals surface area contributed by atoms with E-state index in [0.29, 0.717) is 29.5 Å². The van der Waals surface area contributed by atoms with Crippen LogP contribution in [0.1, 0.15) is 44.6 Å². The number of unbranched alkanes of at least 4 members (excludes halogenated alkanes) is 1. The van der Waals surface area contributed by atoms with E-state index < -0.39 is 12.1 Å². The van der Waals surface area contributed by atoms with Crippen molar-refractivity contribution in [1.82, 2.24) is 30.4 Å². The summed E-state index contributed by atoms with van der Waals surface area (Å²) in [6.45, 7) is 2.24. The van der Waals surface area contributed by atoms with Gasteiger partial charge < -0.3 is 15.3 Å². The third-order valence-electron chi connectivity index (χ3n) is 5.87. The number of aromatic nitrogens is 4. The molecule has 2 aromatic rings. The van der Waals surface area contributed by atoms with Gasteiger partial charge in [-0.3, -0.25) is 9.59 Å². The summed E-state index contributed by atoms with van der Waals surface area (Å²) in [6, 6.07) is 4.79. The highest BCUT2D eigenvalue weighted by Crippen LogP contribution is 2.48. The summed E-state index contributed by atoms with van der Waals surface area (Å²) in [4.78, 5) is 27.3. The molecule has 0 radical (unpaired) electrons. The summed E-state index contributed by atoms with van der Waals surface area (Å²) in [5.74, 6) is -0.197. The summed E-state index contributed by atoms with van der Waals surface area (Å²) < 4.78 is 1.50. The predicted molar refractivity (Wildman–Crippen MR) is 109 cm³/mol. The Bertz CT molecular complexity index is 921. The third kappa shape index (κ3) is 4.17. The van der Waals surface area contributed by atoms with Crippen molar-refractivity contribution in [2.24, 2.45) is 5.92 Å². The molecule has 1 unspecified atom stereocenters. The monoisotopic (exact) mass is 432 g/mol. The number of fused-ring (bicyclic) bond motifs is 1. The molecule has 2 aliphatic rings. The molecule has 4 rings (SSSR count). The van der Waals surface area contributed by atoms with Crippen LogP contribution >= 0.6 is 11.6 Å². The van der Waals surface area contributed by atoms with Crippen LogP contribution in [0.4, 0.5) is 0 Å². The van der Waals surface area contributed by atoms with Gasteiger partial charge in [0.2, 0.25) is 5.91 Å². The molecule has 1 aliphatic carbocycles. The summed E-state index contributed by atoms with van der Waals surface area (Å²) in [6.07, 6.45) is 4.08. The van der Waals surface area contributed by atoms with Crippen molar-refractivity contribution in [2.45, 2.75) is 63.8 Å². The first-order chi connectivity index (χ1) is 14.5. The number of hydrogen-bond donors (Lipinski definition) is 2. The molecular formula is C20H25ClN6O3.